The molecule has 0 heterocycles. The number of hydrogen-bond donors (Lipinski definition) is 0. The second kappa shape index (κ2) is 7.75. The van der Waals surface area contributed by atoms with Crippen molar-refractivity contribution in [3.05, 3.63) is 35.4 Å². The maximum Gasteiger partial charge on any atom is 0.338 e. The highest BCUT2D eigenvalue weighted by molar-refractivity contribution is 9.09. The summed E-state index contributed by atoms with van der Waals surface area (Å²) in [4.78, 5) is 11.9. The zero-order valence-electron chi connectivity index (χ0n) is 12.7. The molecule has 0 fully saturated rings. The first kappa shape index (κ1) is 19.9. The molecule has 5 heteroatoms. The lowest BCUT2D eigenvalue weighted by Gasteiger charge is -2.23. The number of alkyl halides is 1. The third-order valence-electron chi connectivity index (χ3n) is 2.80. The van der Waals surface area contributed by atoms with E-state index in [4.69, 9.17) is 4.74 Å². The molecule has 1 aromatic rings. The van der Waals surface area contributed by atoms with Gasteiger partial charge in [0.25, 0.3) is 0 Å². The van der Waals surface area contributed by atoms with Gasteiger partial charge in [-0.15, -0.1) is 0 Å². The molecule has 0 radical (unpaired) electrons. The quantitative estimate of drug-likeness (QED) is 0.274. The van der Waals surface area contributed by atoms with Gasteiger partial charge in [0.1, 0.15) is 13.2 Å². The van der Waals surface area contributed by atoms with Crippen LogP contribution >= 0.6 is 15.9 Å². The lowest BCUT2D eigenvalue weighted by atomic mass is 10.0. The fourth-order valence-electron chi connectivity index (χ4n) is 1.50. The fraction of sp³-hybridized carbons (Fsp3) is 0.533. The highest BCUT2D eigenvalue weighted by atomic mass is 127. The average Bonchev–Trinajstić information content (AvgIpc) is 2.26. The van der Waals surface area contributed by atoms with Crippen LogP contribution in [0.1, 0.15) is 29.8 Å². The minimum Gasteiger partial charge on any atom is -1.00 e. The first-order valence-electron chi connectivity index (χ1n) is 6.37. The molecule has 0 unspecified atom stereocenters. The summed E-state index contributed by atoms with van der Waals surface area (Å²) >= 11 is 3.59. The average molecular weight is 456 g/mol. The van der Waals surface area contributed by atoms with Crippen LogP contribution in [0.3, 0.4) is 0 Å². The maximum atomic E-state index is 11.9. The number of nitrogens with zero attached hydrogens (tertiary/aromatic N) is 1. The summed E-state index contributed by atoms with van der Waals surface area (Å²) in [6, 6.07) is 7.52. The number of likely N-dealkylation sites (N-methyl/N-ethyl adjacent to an activating group) is 1. The van der Waals surface area contributed by atoms with Gasteiger partial charge in [-0.3, -0.25) is 0 Å². The van der Waals surface area contributed by atoms with Crippen molar-refractivity contribution < 1.29 is 38.0 Å². The minimum absolute atomic E-state index is 0. The van der Waals surface area contributed by atoms with E-state index in [1.165, 1.54) is 0 Å². The van der Waals surface area contributed by atoms with E-state index in [-0.39, 0.29) is 34.3 Å². The van der Waals surface area contributed by atoms with Crippen LogP contribution < -0.4 is 24.0 Å². The molecular weight excluding hydrogens is 433 g/mol. The Kier molecular flexibility index (Phi) is 7.70. The predicted octanol–water partition coefficient (Wildman–Crippen LogP) is 0.184. The first-order chi connectivity index (χ1) is 8.59. The van der Waals surface area contributed by atoms with E-state index < -0.39 is 0 Å². The summed E-state index contributed by atoms with van der Waals surface area (Å²) in [7, 11) is 6.21. The second-order valence-electron chi connectivity index (χ2n) is 6.20. The molecule has 0 aliphatic heterocycles. The van der Waals surface area contributed by atoms with Gasteiger partial charge in [0.2, 0.25) is 0 Å². The van der Waals surface area contributed by atoms with E-state index in [2.05, 4.69) is 50.9 Å². The number of rotatable bonds is 5. The van der Waals surface area contributed by atoms with Crippen LogP contribution in [0.5, 0.6) is 0 Å². The number of hydrogen-bond acceptors (Lipinski definition) is 2. The smallest absolute Gasteiger partial charge is 0.338 e. The molecule has 3 nitrogen and oxygen atoms in total. The molecule has 0 amide bonds. The van der Waals surface area contributed by atoms with Gasteiger partial charge < -0.3 is 33.2 Å². The van der Waals surface area contributed by atoms with Crippen molar-refractivity contribution in [2.75, 3.05) is 34.3 Å². The Labute approximate surface area is 147 Å². The van der Waals surface area contributed by atoms with Gasteiger partial charge >= 0.3 is 5.97 Å². The molecular formula is C15H23BrINO2. The van der Waals surface area contributed by atoms with Crippen LogP contribution in [0.25, 0.3) is 0 Å². The van der Waals surface area contributed by atoms with Gasteiger partial charge in [-0.2, -0.15) is 0 Å². The molecule has 0 atom stereocenters. The Hall–Kier alpha value is -0.140. The highest BCUT2D eigenvalue weighted by Crippen LogP contribution is 2.29. The number of carbonyl (C=O) groups excluding carboxylic acids is 1. The summed E-state index contributed by atoms with van der Waals surface area (Å²) in [6.45, 7) is 5.38. The van der Waals surface area contributed by atoms with Crippen LogP contribution in [0.4, 0.5) is 0 Å². The number of esters is 1. The van der Waals surface area contributed by atoms with Crippen molar-refractivity contribution in [1.82, 2.24) is 0 Å². The van der Waals surface area contributed by atoms with Crippen molar-refractivity contribution >= 4 is 21.9 Å². The van der Waals surface area contributed by atoms with Gasteiger partial charge in [0.05, 0.1) is 26.7 Å². The van der Waals surface area contributed by atoms with Gasteiger partial charge in [-0.1, -0.05) is 28.1 Å². The molecule has 0 spiro atoms. The zero-order chi connectivity index (χ0) is 14.7. The van der Waals surface area contributed by atoms with E-state index in [0.717, 1.165) is 16.6 Å². The number of benzene rings is 1. The Balaban J connectivity index is 0.00000361. The maximum absolute atomic E-state index is 11.9. The van der Waals surface area contributed by atoms with Gasteiger partial charge in [0.15, 0.2) is 0 Å². The highest BCUT2D eigenvalue weighted by Gasteiger charge is 2.17. The number of ether oxygens (including phenoxy) is 1. The topological polar surface area (TPSA) is 26.3 Å². The molecule has 1 rings (SSSR count). The summed E-state index contributed by atoms with van der Waals surface area (Å²) in [5.74, 6) is -0.257. The molecule has 0 aromatic heterocycles. The summed E-state index contributed by atoms with van der Waals surface area (Å²) in [6.07, 6.45) is 0. The van der Waals surface area contributed by atoms with E-state index in [1.807, 2.05) is 24.3 Å². The van der Waals surface area contributed by atoms with Crippen molar-refractivity contribution in [2.24, 2.45) is 0 Å². The molecule has 0 saturated carbocycles. The van der Waals surface area contributed by atoms with Gasteiger partial charge in [-0.25, -0.2) is 4.79 Å². The normalized spacial score (nSPS) is 11.7. The van der Waals surface area contributed by atoms with Crippen LogP contribution in [0.2, 0.25) is 0 Å². The van der Waals surface area contributed by atoms with Crippen molar-refractivity contribution in [2.45, 2.75) is 18.2 Å². The lowest BCUT2D eigenvalue weighted by Crippen LogP contribution is -3.00. The Morgan fingerprint density at radius 1 is 1.20 bits per heavy atom. The standard InChI is InChI=1S/C15H23BrNO2.HI/c1-15(2,16)13-8-6-12(7-9-13)14(18)19-11-10-17(3,4)5;/h6-9H,10-11H2,1-5H3;1H/q+1;/p-1. The Bertz CT molecular complexity index is 433. The minimum atomic E-state index is -0.257. The molecule has 0 aliphatic rings. The van der Waals surface area contributed by atoms with Gasteiger partial charge in [-0.05, 0) is 31.5 Å². The van der Waals surface area contributed by atoms with Crippen LogP contribution in [0.15, 0.2) is 24.3 Å². The molecule has 0 bridgehead atoms. The van der Waals surface area contributed by atoms with E-state index in [1.54, 1.807) is 0 Å². The summed E-state index contributed by atoms with van der Waals surface area (Å²) < 4.78 is 5.96. The molecule has 1 aromatic carbocycles. The second-order valence-corrected chi connectivity index (χ2v) is 8.18. The summed E-state index contributed by atoms with van der Waals surface area (Å²) in [5, 5.41) is 0. The van der Waals surface area contributed by atoms with E-state index in [0.29, 0.717) is 12.2 Å². The molecule has 20 heavy (non-hydrogen) atoms. The van der Waals surface area contributed by atoms with Crippen LogP contribution in [-0.2, 0) is 9.06 Å². The fourth-order valence-corrected chi connectivity index (χ4v) is 1.76. The predicted molar refractivity (Wildman–Crippen MR) is 81.6 cm³/mol. The Morgan fingerprint density at radius 3 is 2.10 bits per heavy atom. The molecule has 0 aliphatic carbocycles. The molecule has 0 saturated heterocycles. The number of halogens is 2. The van der Waals surface area contributed by atoms with Crippen LogP contribution in [-0.4, -0.2) is 44.7 Å². The molecule has 114 valence electrons. The largest absolute Gasteiger partial charge is 1.00 e. The van der Waals surface area contributed by atoms with Crippen molar-refractivity contribution in [3.8, 4) is 0 Å². The summed E-state index contributed by atoms with van der Waals surface area (Å²) in [5.41, 5.74) is 1.73. The Morgan fingerprint density at radius 2 is 1.70 bits per heavy atom. The number of carbonyl (C=O) groups is 1. The first-order valence-corrected chi connectivity index (χ1v) is 7.16. The van der Waals surface area contributed by atoms with E-state index >= 15 is 0 Å². The lowest BCUT2D eigenvalue weighted by molar-refractivity contribution is -0.870. The third-order valence-corrected chi connectivity index (χ3v) is 3.26. The number of quaternary nitrogens is 1. The molecule has 0 N–H and O–H groups in total. The van der Waals surface area contributed by atoms with Gasteiger partial charge in [0, 0.05) is 4.32 Å². The van der Waals surface area contributed by atoms with Crippen LogP contribution in [0, 0.1) is 0 Å². The van der Waals surface area contributed by atoms with E-state index in [9.17, 15) is 4.79 Å². The zero-order valence-corrected chi connectivity index (χ0v) is 16.5. The monoisotopic (exact) mass is 455 g/mol. The van der Waals surface area contributed by atoms with Crippen molar-refractivity contribution in [1.29, 1.82) is 0 Å². The third kappa shape index (κ3) is 7.04. The van der Waals surface area contributed by atoms with Crippen molar-refractivity contribution in [3.63, 3.8) is 0 Å². The SMILES string of the molecule is CC(C)(Br)c1ccc(C(=O)OCC[N+](C)(C)C)cc1.[I-].